The van der Waals surface area contributed by atoms with Crippen molar-refractivity contribution < 1.29 is 14.4 Å². The molecule has 1 aliphatic carbocycles. The molecule has 3 amide bonds. The molecule has 3 aromatic carbocycles. The minimum atomic E-state index is -0.797. The van der Waals surface area contributed by atoms with Crippen LogP contribution in [0.1, 0.15) is 54.4 Å². The highest BCUT2D eigenvalue weighted by Gasteiger charge is 2.29. The zero-order valence-electron chi connectivity index (χ0n) is 27.3. The number of carbonyl (C=O) groups excluding carboxylic acids is 3. The van der Waals surface area contributed by atoms with E-state index in [-0.39, 0.29) is 29.7 Å². The van der Waals surface area contributed by atoms with Gasteiger partial charge in [0.15, 0.2) is 0 Å². The molecule has 2 fully saturated rings. The normalized spacial score (nSPS) is 18.7. The molecule has 4 aromatic rings. The summed E-state index contributed by atoms with van der Waals surface area (Å²) in [5.74, 6) is 0.153. The van der Waals surface area contributed by atoms with E-state index >= 15 is 0 Å². The number of hydrogen-bond donors (Lipinski definition) is 6. The van der Waals surface area contributed by atoms with Crippen LogP contribution in [0.5, 0.6) is 0 Å². The lowest BCUT2D eigenvalue weighted by molar-refractivity contribution is -0.130. The Bertz CT molecular complexity index is 1720. The maximum atomic E-state index is 13.7. The van der Waals surface area contributed by atoms with Gasteiger partial charge in [0.25, 0.3) is 5.91 Å². The molecule has 1 aromatic heterocycles. The number of hydrogen-bond acceptors (Lipinski definition) is 8. The maximum Gasteiger partial charge on any atom is 0.253 e. The van der Waals surface area contributed by atoms with Crippen LogP contribution in [0.15, 0.2) is 66.7 Å². The van der Waals surface area contributed by atoms with Gasteiger partial charge in [0.1, 0.15) is 6.04 Å². The van der Waals surface area contributed by atoms with Gasteiger partial charge in [0.05, 0.1) is 10.6 Å². The van der Waals surface area contributed by atoms with E-state index in [0.717, 1.165) is 73.9 Å². The van der Waals surface area contributed by atoms with Crippen LogP contribution >= 0.6 is 11.6 Å². The van der Waals surface area contributed by atoms with Crippen molar-refractivity contribution in [2.45, 2.75) is 57.0 Å². The Morgan fingerprint density at radius 2 is 1.57 bits per heavy atom. The second kappa shape index (κ2) is 16.2. The first-order valence-corrected chi connectivity index (χ1v) is 17.3. The van der Waals surface area contributed by atoms with Crippen LogP contribution < -0.4 is 27.0 Å². The van der Waals surface area contributed by atoms with Gasteiger partial charge in [0, 0.05) is 29.6 Å². The Morgan fingerprint density at radius 1 is 0.878 bits per heavy atom. The van der Waals surface area contributed by atoms with Crippen molar-refractivity contribution in [3.05, 3.63) is 82.9 Å². The zero-order valence-corrected chi connectivity index (χ0v) is 28.0. The molecule has 7 N–H and O–H groups in total. The van der Waals surface area contributed by atoms with Crippen molar-refractivity contribution in [1.82, 2.24) is 36.6 Å². The summed E-state index contributed by atoms with van der Waals surface area (Å²) in [6, 6.07) is 19.7. The Kier molecular flexibility index (Phi) is 11.3. The van der Waals surface area contributed by atoms with Crippen molar-refractivity contribution in [2.24, 2.45) is 17.6 Å². The third-order valence-corrected chi connectivity index (χ3v) is 9.87. The number of carbonyl (C=O) groups is 3. The quantitative estimate of drug-likeness (QED) is 0.137. The third-order valence-electron chi connectivity index (χ3n) is 9.56. The van der Waals surface area contributed by atoms with E-state index in [1.807, 2.05) is 30.3 Å². The molecule has 1 saturated heterocycles. The van der Waals surface area contributed by atoms with Crippen LogP contribution in [0.2, 0.25) is 5.02 Å². The van der Waals surface area contributed by atoms with E-state index in [1.54, 1.807) is 36.4 Å². The molecule has 256 valence electrons. The van der Waals surface area contributed by atoms with E-state index in [0.29, 0.717) is 41.0 Å². The number of benzene rings is 3. The summed E-state index contributed by atoms with van der Waals surface area (Å²) in [7, 11) is 0. The summed E-state index contributed by atoms with van der Waals surface area (Å²) in [5.41, 5.74) is 10.3. The van der Waals surface area contributed by atoms with Crippen LogP contribution in [-0.2, 0) is 16.0 Å². The number of aromatic amines is 1. The van der Waals surface area contributed by atoms with Gasteiger partial charge in [-0.2, -0.15) is 5.21 Å². The fraction of sp³-hybridized carbons (Fsp3) is 0.389. The van der Waals surface area contributed by atoms with Gasteiger partial charge in [-0.05, 0) is 122 Å². The zero-order chi connectivity index (χ0) is 34.2. The highest BCUT2D eigenvalue weighted by atomic mass is 35.5. The van der Waals surface area contributed by atoms with Crippen molar-refractivity contribution in [3.8, 4) is 22.5 Å². The first kappa shape index (κ1) is 34.2. The maximum absolute atomic E-state index is 13.7. The molecule has 0 radical (unpaired) electrons. The molecule has 1 atom stereocenters. The van der Waals surface area contributed by atoms with E-state index in [9.17, 15) is 14.4 Å². The van der Waals surface area contributed by atoms with Gasteiger partial charge in [-0.1, -0.05) is 41.9 Å². The predicted octanol–water partition coefficient (Wildman–Crippen LogP) is 4.10. The van der Waals surface area contributed by atoms with Crippen LogP contribution in [0.25, 0.3) is 22.5 Å². The lowest BCUT2D eigenvalue weighted by Gasteiger charge is -2.28. The number of halogens is 1. The number of amides is 3. The van der Waals surface area contributed by atoms with Gasteiger partial charge in [-0.15, -0.1) is 10.2 Å². The highest BCUT2D eigenvalue weighted by Crippen LogP contribution is 2.29. The average Bonchev–Trinajstić information content (AvgIpc) is 3.68. The standard InChI is InChI=1S/C36H42ClN9O3/c37-31-20-27(11-14-30(31)35(48)40-29-15-17-39-18-16-29)24-5-1-22(2-6-24)19-32(42-34(47)26-7-3-23(21-38)4-8-26)36(49)41-28-12-9-25(10-13-28)33-43-45-46-44-33/h1-2,5-6,9-14,20,23,26,29,32,39H,3-4,7-8,15-19,21,38H2,(H,40,48)(H,41,49)(H,42,47)(H,43,44,45,46). The molecule has 49 heavy (non-hydrogen) atoms. The highest BCUT2D eigenvalue weighted by molar-refractivity contribution is 6.34. The second-order valence-corrected chi connectivity index (χ2v) is 13.3. The number of nitrogens with two attached hydrogens (primary N) is 1. The van der Waals surface area contributed by atoms with Crippen molar-refractivity contribution in [2.75, 3.05) is 25.0 Å². The van der Waals surface area contributed by atoms with Gasteiger partial charge in [-0.25, -0.2) is 0 Å². The second-order valence-electron chi connectivity index (χ2n) is 12.9. The molecule has 1 unspecified atom stereocenters. The Labute approximate surface area is 290 Å². The molecule has 1 aliphatic heterocycles. The molecule has 2 aliphatic rings. The predicted molar refractivity (Wildman–Crippen MR) is 189 cm³/mol. The van der Waals surface area contributed by atoms with Crippen molar-refractivity contribution in [1.29, 1.82) is 0 Å². The summed E-state index contributed by atoms with van der Waals surface area (Å²) in [6.45, 7) is 2.41. The SMILES string of the molecule is NCC1CCC(C(=O)NC(Cc2ccc(-c3ccc(C(=O)NC4CCNCC4)c(Cl)c3)cc2)C(=O)Nc2ccc(-c3nn[nH]n3)cc2)CC1. The van der Waals surface area contributed by atoms with Gasteiger partial charge < -0.3 is 27.0 Å². The van der Waals surface area contributed by atoms with E-state index in [4.69, 9.17) is 17.3 Å². The molecule has 6 rings (SSSR count). The minimum Gasteiger partial charge on any atom is -0.349 e. The summed E-state index contributed by atoms with van der Waals surface area (Å²) in [5, 5.41) is 26.8. The Hall–Kier alpha value is -4.65. The third kappa shape index (κ3) is 8.88. The smallest absolute Gasteiger partial charge is 0.253 e. The lowest BCUT2D eigenvalue weighted by Crippen LogP contribution is -2.48. The number of aromatic nitrogens is 4. The molecular formula is C36H42ClN9O3. The largest absolute Gasteiger partial charge is 0.349 e. The topological polar surface area (TPSA) is 180 Å². The van der Waals surface area contributed by atoms with Gasteiger partial charge in [0.2, 0.25) is 17.6 Å². The monoisotopic (exact) mass is 683 g/mol. The molecule has 12 nitrogen and oxygen atoms in total. The molecule has 1 saturated carbocycles. The van der Waals surface area contributed by atoms with Gasteiger partial charge in [-0.3, -0.25) is 14.4 Å². The number of anilines is 1. The van der Waals surface area contributed by atoms with Crippen LogP contribution in [0.3, 0.4) is 0 Å². The molecule has 0 spiro atoms. The van der Waals surface area contributed by atoms with E-state index in [1.165, 1.54) is 0 Å². The molecular weight excluding hydrogens is 642 g/mol. The lowest BCUT2D eigenvalue weighted by atomic mass is 9.81. The molecule has 0 bridgehead atoms. The van der Waals surface area contributed by atoms with Gasteiger partial charge >= 0.3 is 0 Å². The van der Waals surface area contributed by atoms with Crippen LogP contribution in [0, 0.1) is 11.8 Å². The minimum absolute atomic E-state index is 0.112. The van der Waals surface area contributed by atoms with Crippen molar-refractivity contribution >= 4 is 35.0 Å². The number of tetrazole rings is 1. The summed E-state index contributed by atoms with van der Waals surface area (Å²) < 4.78 is 0. The number of rotatable bonds is 11. The number of nitrogens with zero attached hydrogens (tertiary/aromatic N) is 3. The average molecular weight is 684 g/mol. The Morgan fingerprint density at radius 3 is 2.22 bits per heavy atom. The summed E-state index contributed by atoms with van der Waals surface area (Å²) in [4.78, 5) is 39.9. The Balaban J connectivity index is 1.13. The van der Waals surface area contributed by atoms with E-state index < -0.39 is 6.04 Å². The van der Waals surface area contributed by atoms with Crippen LogP contribution in [0.4, 0.5) is 5.69 Å². The number of piperidine rings is 1. The fourth-order valence-corrected chi connectivity index (χ4v) is 6.82. The van der Waals surface area contributed by atoms with Crippen molar-refractivity contribution in [3.63, 3.8) is 0 Å². The van der Waals surface area contributed by atoms with E-state index in [2.05, 4.69) is 41.9 Å². The molecule has 2 heterocycles. The first-order chi connectivity index (χ1) is 23.9. The summed E-state index contributed by atoms with van der Waals surface area (Å²) in [6.07, 6.45) is 5.43. The molecule has 13 heteroatoms. The first-order valence-electron chi connectivity index (χ1n) is 16.9. The summed E-state index contributed by atoms with van der Waals surface area (Å²) >= 11 is 6.58. The number of nitrogens with one attached hydrogen (secondary N) is 5. The fourth-order valence-electron chi connectivity index (χ4n) is 6.55. The number of H-pyrrole nitrogens is 1. The van der Waals surface area contributed by atoms with Crippen LogP contribution in [-0.4, -0.2) is 70.1 Å².